The predicted molar refractivity (Wildman–Crippen MR) is 160 cm³/mol. The Morgan fingerprint density at radius 1 is 1.00 bits per heavy atom. The molecule has 0 aliphatic carbocycles. The summed E-state index contributed by atoms with van der Waals surface area (Å²) in [6.07, 6.45) is -2.17. The number of hydrogen-bond acceptors (Lipinski definition) is 11. The molecular weight excluding hydrogens is 582 g/mol. The average molecular weight is 626 g/mol. The molecule has 4 aliphatic rings. The van der Waals surface area contributed by atoms with Crippen molar-refractivity contribution < 1.29 is 48.1 Å². The van der Waals surface area contributed by atoms with Crippen LogP contribution in [-0.2, 0) is 18.9 Å². The van der Waals surface area contributed by atoms with E-state index >= 15 is 0 Å². The fourth-order valence-corrected chi connectivity index (χ4v) is 5.78. The van der Waals surface area contributed by atoms with Gasteiger partial charge in [-0.2, -0.15) is 0 Å². The van der Waals surface area contributed by atoms with Crippen LogP contribution < -0.4 is 18.9 Å². The summed E-state index contributed by atoms with van der Waals surface area (Å²) in [5.41, 5.74) is 2.25. The maximum atomic E-state index is 9.88. The van der Waals surface area contributed by atoms with Crippen molar-refractivity contribution in [2.75, 3.05) is 54.7 Å². The Morgan fingerprint density at radius 2 is 1.67 bits per heavy atom. The van der Waals surface area contributed by atoms with E-state index in [1.54, 1.807) is 14.2 Å². The Balaban J connectivity index is 0.000000192. The fraction of sp³-hybridized carbons (Fsp3) is 0.613. The summed E-state index contributed by atoms with van der Waals surface area (Å²) in [6.45, 7) is 5.31. The summed E-state index contributed by atoms with van der Waals surface area (Å²) in [7, 11) is 7.32. The zero-order valence-electron chi connectivity index (χ0n) is 25.6. The van der Waals surface area contributed by atoms with Crippen LogP contribution in [0.5, 0.6) is 23.0 Å². The lowest BCUT2D eigenvalue weighted by molar-refractivity contribution is -0.231. The molecule has 0 bridgehead atoms. The van der Waals surface area contributed by atoms with Gasteiger partial charge in [-0.15, -0.1) is 12.4 Å². The number of benzene rings is 2. The molecule has 4 heterocycles. The van der Waals surface area contributed by atoms with E-state index in [-0.39, 0.29) is 37.1 Å². The smallest absolute Gasteiger partial charge is 0.190 e. The molecule has 0 radical (unpaired) electrons. The van der Waals surface area contributed by atoms with Crippen molar-refractivity contribution in [3.05, 3.63) is 47.5 Å². The molecule has 7 atom stereocenters. The molecule has 0 aromatic heterocycles. The van der Waals surface area contributed by atoms with Crippen LogP contribution >= 0.6 is 12.4 Å². The highest BCUT2D eigenvalue weighted by Gasteiger charge is 2.57. The second kappa shape index (κ2) is 14.2. The number of nitrogens with zero attached hydrogens (tertiary/aromatic N) is 1. The van der Waals surface area contributed by atoms with Crippen LogP contribution in [0.4, 0.5) is 0 Å². The number of halogens is 1. The molecule has 7 unspecified atom stereocenters. The topological polar surface area (TPSA) is 118 Å². The third-order valence-electron chi connectivity index (χ3n) is 7.84. The van der Waals surface area contributed by atoms with Gasteiger partial charge >= 0.3 is 0 Å². The van der Waals surface area contributed by atoms with Gasteiger partial charge in [-0.25, -0.2) is 0 Å². The summed E-state index contributed by atoms with van der Waals surface area (Å²) in [6, 6.07) is 11.9. The van der Waals surface area contributed by atoms with Gasteiger partial charge in [0.2, 0.25) is 0 Å². The summed E-state index contributed by atoms with van der Waals surface area (Å²) in [5.74, 6) is 2.84. The van der Waals surface area contributed by atoms with Crippen LogP contribution in [0.2, 0.25) is 0 Å². The van der Waals surface area contributed by atoms with E-state index in [1.807, 2.05) is 58.3 Å². The number of ether oxygens (including phenoxy) is 8. The first-order chi connectivity index (χ1) is 20.1. The van der Waals surface area contributed by atoms with Gasteiger partial charge in [-0.05, 0) is 59.1 Å². The minimum absolute atomic E-state index is 0. The molecule has 2 aromatic carbocycles. The first-order valence-corrected chi connectivity index (χ1v) is 14.4. The molecule has 12 heteroatoms. The van der Waals surface area contributed by atoms with E-state index < -0.39 is 30.4 Å². The van der Waals surface area contributed by atoms with E-state index in [4.69, 9.17) is 43.0 Å². The molecule has 0 saturated carbocycles. The summed E-state index contributed by atoms with van der Waals surface area (Å²) in [4.78, 5) is 2.08. The lowest BCUT2D eigenvalue weighted by Crippen LogP contribution is -2.44. The number of fused-ring (bicyclic) bond motifs is 6. The van der Waals surface area contributed by atoms with Crippen LogP contribution in [-0.4, -0.2) is 106 Å². The van der Waals surface area contributed by atoms with Gasteiger partial charge in [0.1, 0.15) is 53.5 Å². The van der Waals surface area contributed by atoms with Crippen molar-refractivity contribution in [3.63, 3.8) is 0 Å². The van der Waals surface area contributed by atoms with Gasteiger partial charge < -0.3 is 53.0 Å². The lowest BCUT2D eigenvalue weighted by atomic mass is 9.89. The third-order valence-corrected chi connectivity index (χ3v) is 7.84. The summed E-state index contributed by atoms with van der Waals surface area (Å²) in [5, 5.41) is 19.0. The Labute approximate surface area is 259 Å². The standard InChI is InChI=1S/C17H16O4.C14H27NO6.ClH/c1-18-10-4-6-13-15(7-10)20-9-14-12-5-3-11(19-2)8-16(12)21-17(13)14;1-14(2)20-12-11(18-7-5-6-15(3)4)10(9(17)8-16)19-13(12)21-14;/h3-8,14,17H,9H2,1-2H3;9-13,16-17H,5-8H2,1-4H3;1H. The van der Waals surface area contributed by atoms with Gasteiger partial charge in [-0.3, -0.25) is 0 Å². The van der Waals surface area contributed by atoms with Gasteiger partial charge in [0.15, 0.2) is 12.1 Å². The maximum Gasteiger partial charge on any atom is 0.190 e. The molecule has 43 heavy (non-hydrogen) atoms. The first-order valence-electron chi connectivity index (χ1n) is 14.4. The molecule has 11 nitrogen and oxygen atoms in total. The minimum atomic E-state index is -1.01. The molecule has 2 aromatic rings. The monoisotopic (exact) mass is 625 g/mol. The highest BCUT2D eigenvalue weighted by Crippen LogP contribution is 2.52. The van der Waals surface area contributed by atoms with E-state index in [2.05, 4.69) is 11.0 Å². The lowest BCUT2D eigenvalue weighted by Gasteiger charge is -2.28. The van der Waals surface area contributed by atoms with E-state index in [9.17, 15) is 5.11 Å². The van der Waals surface area contributed by atoms with Crippen molar-refractivity contribution in [1.29, 1.82) is 0 Å². The van der Waals surface area contributed by atoms with Crippen molar-refractivity contribution in [2.45, 2.75) is 68.8 Å². The van der Waals surface area contributed by atoms with Gasteiger partial charge in [0.05, 0.1) is 33.4 Å². The average Bonchev–Trinajstić information content (AvgIpc) is 3.61. The highest BCUT2D eigenvalue weighted by molar-refractivity contribution is 5.85. The Hall–Kier alpha value is -2.35. The van der Waals surface area contributed by atoms with Crippen LogP contribution in [0, 0.1) is 0 Å². The molecule has 6 rings (SSSR count). The largest absolute Gasteiger partial charge is 0.497 e. The van der Waals surface area contributed by atoms with Crippen molar-refractivity contribution >= 4 is 12.4 Å². The second-order valence-electron chi connectivity index (χ2n) is 11.6. The SMILES string of the molecule is CN(C)CCCOC1C(C(O)CO)OC2OC(C)(C)OC21.COc1ccc2c(c1)OC1c3ccc(OC)cc3OCC21.Cl. The van der Waals surface area contributed by atoms with Crippen molar-refractivity contribution in [2.24, 2.45) is 0 Å². The molecule has 0 spiro atoms. The van der Waals surface area contributed by atoms with Crippen LogP contribution in [0.25, 0.3) is 0 Å². The molecular formula is C31H44ClNO10. The number of rotatable bonds is 9. The Kier molecular flexibility index (Phi) is 11.1. The second-order valence-corrected chi connectivity index (χ2v) is 11.6. The maximum absolute atomic E-state index is 9.88. The number of hydrogen-bond donors (Lipinski definition) is 2. The Bertz CT molecular complexity index is 1210. The zero-order valence-corrected chi connectivity index (χ0v) is 26.4. The van der Waals surface area contributed by atoms with Crippen LogP contribution in [0.15, 0.2) is 36.4 Å². The molecule has 4 aliphatic heterocycles. The van der Waals surface area contributed by atoms with E-state index in [0.717, 1.165) is 41.5 Å². The normalized spacial score (nSPS) is 28.1. The minimum Gasteiger partial charge on any atom is -0.497 e. The number of aliphatic hydroxyl groups excluding tert-OH is 2. The van der Waals surface area contributed by atoms with Gasteiger partial charge in [0.25, 0.3) is 0 Å². The van der Waals surface area contributed by atoms with E-state index in [0.29, 0.717) is 13.2 Å². The highest BCUT2D eigenvalue weighted by atomic mass is 35.5. The molecule has 2 N–H and O–H groups in total. The summed E-state index contributed by atoms with van der Waals surface area (Å²) < 4.78 is 45.6. The van der Waals surface area contributed by atoms with Crippen LogP contribution in [0.3, 0.4) is 0 Å². The molecule has 2 saturated heterocycles. The third kappa shape index (κ3) is 7.32. The van der Waals surface area contributed by atoms with Gasteiger partial charge in [-0.1, -0.05) is 6.07 Å². The zero-order chi connectivity index (χ0) is 30.0. The van der Waals surface area contributed by atoms with Crippen LogP contribution in [0.1, 0.15) is 43.4 Å². The quantitative estimate of drug-likeness (QED) is 0.400. The van der Waals surface area contributed by atoms with Crippen molar-refractivity contribution in [1.82, 2.24) is 4.90 Å². The molecule has 0 amide bonds. The molecule has 2 fully saturated rings. The van der Waals surface area contributed by atoms with Gasteiger partial charge in [0, 0.05) is 29.9 Å². The predicted octanol–water partition coefficient (Wildman–Crippen LogP) is 3.29. The summed E-state index contributed by atoms with van der Waals surface area (Å²) >= 11 is 0. The van der Waals surface area contributed by atoms with E-state index in [1.165, 1.54) is 5.56 Å². The number of aliphatic hydroxyl groups is 2. The molecule has 240 valence electrons. The Morgan fingerprint density at radius 3 is 2.33 bits per heavy atom. The fourth-order valence-electron chi connectivity index (χ4n) is 5.78. The van der Waals surface area contributed by atoms with Crippen molar-refractivity contribution in [3.8, 4) is 23.0 Å². The number of methoxy groups -OCH3 is 2. The first kappa shape index (κ1) is 33.5.